The second-order valence-electron chi connectivity index (χ2n) is 6.55. The lowest BCUT2D eigenvalue weighted by molar-refractivity contribution is -0.127. The fourth-order valence-electron chi connectivity index (χ4n) is 3.41. The molecule has 1 aliphatic heterocycles. The third-order valence-corrected chi connectivity index (χ3v) is 5.77. The Morgan fingerprint density at radius 2 is 1.92 bits per heavy atom. The molecule has 6 heteroatoms. The minimum atomic E-state index is -0.218. The van der Waals surface area contributed by atoms with Crippen LogP contribution in [0.2, 0.25) is 0 Å². The van der Waals surface area contributed by atoms with E-state index in [0.29, 0.717) is 5.56 Å². The van der Waals surface area contributed by atoms with Crippen molar-refractivity contribution in [3.63, 3.8) is 0 Å². The van der Waals surface area contributed by atoms with Crippen molar-refractivity contribution < 1.29 is 14.4 Å². The highest BCUT2D eigenvalue weighted by Crippen LogP contribution is 2.30. The second kappa shape index (κ2) is 6.97. The molecular weight excluding hydrogens is 324 g/mol. The third-order valence-electron chi connectivity index (χ3n) is 4.93. The maximum absolute atomic E-state index is 12.6. The molecule has 0 spiro atoms. The van der Waals surface area contributed by atoms with Gasteiger partial charge in [-0.15, -0.1) is 0 Å². The predicted molar refractivity (Wildman–Crippen MR) is 94.1 cm³/mol. The van der Waals surface area contributed by atoms with Gasteiger partial charge in [-0.2, -0.15) is 0 Å². The summed E-state index contributed by atoms with van der Waals surface area (Å²) in [4.78, 5) is 38.0. The Hall–Kier alpha value is -1.82. The summed E-state index contributed by atoms with van der Waals surface area (Å²) in [6.45, 7) is 3.99. The number of imide groups is 1. The average molecular weight is 346 g/mol. The molecular formula is C18H22N2O3S. The van der Waals surface area contributed by atoms with Gasteiger partial charge < -0.3 is 5.32 Å². The second-order valence-corrected chi connectivity index (χ2v) is 7.48. The summed E-state index contributed by atoms with van der Waals surface area (Å²) in [6, 6.07) is 5.25. The number of thioether (sulfide) groups is 1. The zero-order chi connectivity index (χ0) is 17.3. The minimum Gasteiger partial charge on any atom is -0.347 e. The first kappa shape index (κ1) is 17.0. The van der Waals surface area contributed by atoms with Gasteiger partial charge in [-0.3, -0.25) is 19.3 Å². The van der Waals surface area contributed by atoms with Crippen LogP contribution in [-0.4, -0.2) is 39.8 Å². The van der Waals surface area contributed by atoms with Gasteiger partial charge in [-0.1, -0.05) is 30.7 Å². The van der Waals surface area contributed by atoms with Gasteiger partial charge in [0.15, 0.2) is 0 Å². The number of carbonyl (C=O) groups is 3. The lowest BCUT2D eigenvalue weighted by Crippen LogP contribution is -2.54. The molecule has 0 bridgehead atoms. The van der Waals surface area contributed by atoms with Gasteiger partial charge in [0, 0.05) is 5.56 Å². The van der Waals surface area contributed by atoms with Crippen molar-refractivity contribution in [2.24, 2.45) is 0 Å². The van der Waals surface area contributed by atoms with E-state index in [1.807, 2.05) is 32.0 Å². The molecule has 1 aromatic carbocycles. The number of nitrogens with zero attached hydrogens (tertiary/aromatic N) is 1. The largest absolute Gasteiger partial charge is 0.347 e. The van der Waals surface area contributed by atoms with Crippen molar-refractivity contribution in [3.05, 3.63) is 34.9 Å². The van der Waals surface area contributed by atoms with Crippen LogP contribution >= 0.6 is 11.8 Å². The molecule has 2 aliphatic rings. The third kappa shape index (κ3) is 3.34. The summed E-state index contributed by atoms with van der Waals surface area (Å²) >= 11 is 1.05. The Kier molecular flexibility index (Phi) is 4.94. The summed E-state index contributed by atoms with van der Waals surface area (Å²) in [5.74, 6) is -0.0586. The van der Waals surface area contributed by atoms with E-state index in [4.69, 9.17) is 0 Å². The SMILES string of the molecule is Cc1ccc(C(=O)N[C@H]2CCCC[C@@H]2N2C(=O)CSC2=O)cc1C. The number of amides is 3. The van der Waals surface area contributed by atoms with Gasteiger partial charge in [0.1, 0.15) is 0 Å². The summed E-state index contributed by atoms with van der Waals surface area (Å²) in [6.07, 6.45) is 3.53. The Bertz CT molecular complexity index is 673. The lowest BCUT2D eigenvalue weighted by Gasteiger charge is -2.36. The van der Waals surface area contributed by atoms with Gasteiger partial charge in [0.05, 0.1) is 17.8 Å². The molecule has 2 atom stereocenters. The summed E-state index contributed by atoms with van der Waals surface area (Å²) in [7, 11) is 0. The van der Waals surface area contributed by atoms with Crippen LogP contribution in [0.1, 0.15) is 47.2 Å². The Morgan fingerprint density at radius 3 is 2.58 bits per heavy atom. The number of hydrogen-bond acceptors (Lipinski definition) is 4. The Labute approximate surface area is 146 Å². The van der Waals surface area contributed by atoms with Gasteiger partial charge in [-0.25, -0.2) is 0 Å². The number of benzene rings is 1. The smallest absolute Gasteiger partial charge is 0.289 e. The molecule has 0 unspecified atom stereocenters. The first-order valence-electron chi connectivity index (χ1n) is 8.34. The molecule has 1 saturated heterocycles. The van der Waals surface area contributed by atoms with E-state index >= 15 is 0 Å². The lowest BCUT2D eigenvalue weighted by atomic mass is 9.89. The fourth-order valence-corrected chi connectivity index (χ4v) is 4.17. The molecule has 1 aliphatic carbocycles. The number of rotatable bonds is 3. The Balaban J connectivity index is 1.76. The molecule has 1 heterocycles. The van der Waals surface area contributed by atoms with E-state index in [1.54, 1.807) is 0 Å². The highest BCUT2D eigenvalue weighted by molar-refractivity contribution is 8.14. The van der Waals surface area contributed by atoms with E-state index in [1.165, 1.54) is 4.90 Å². The van der Waals surface area contributed by atoms with Crippen LogP contribution in [-0.2, 0) is 4.79 Å². The molecule has 3 amide bonds. The normalized spacial score (nSPS) is 24.3. The zero-order valence-corrected chi connectivity index (χ0v) is 14.8. The van der Waals surface area contributed by atoms with Crippen LogP contribution in [0.3, 0.4) is 0 Å². The molecule has 24 heavy (non-hydrogen) atoms. The van der Waals surface area contributed by atoms with Crippen molar-refractivity contribution >= 4 is 28.8 Å². The number of hydrogen-bond donors (Lipinski definition) is 1. The van der Waals surface area contributed by atoms with Crippen molar-refractivity contribution in [3.8, 4) is 0 Å². The topological polar surface area (TPSA) is 66.5 Å². The molecule has 0 radical (unpaired) electrons. The standard InChI is InChI=1S/C18H22N2O3S/c1-11-7-8-13(9-12(11)2)17(22)19-14-5-3-4-6-15(14)20-16(21)10-24-18(20)23/h7-9,14-15H,3-6,10H2,1-2H3,(H,19,22)/t14-,15-/m0/s1. The molecule has 0 aromatic heterocycles. The molecule has 2 fully saturated rings. The van der Waals surface area contributed by atoms with Gasteiger partial charge in [0.2, 0.25) is 5.91 Å². The van der Waals surface area contributed by atoms with E-state index < -0.39 is 0 Å². The molecule has 5 nitrogen and oxygen atoms in total. The van der Waals surface area contributed by atoms with E-state index in [9.17, 15) is 14.4 Å². The van der Waals surface area contributed by atoms with E-state index in [-0.39, 0.29) is 34.9 Å². The maximum Gasteiger partial charge on any atom is 0.289 e. The minimum absolute atomic E-state index is 0.137. The monoisotopic (exact) mass is 346 g/mol. The van der Waals surface area contributed by atoms with Crippen LogP contribution in [0, 0.1) is 13.8 Å². The maximum atomic E-state index is 12.6. The highest BCUT2D eigenvalue weighted by atomic mass is 32.2. The molecule has 1 N–H and O–H groups in total. The van der Waals surface area contributed by atoms with Crippen LogP contribution in [0.5, 0.6) is 0 Å². The first-order chi connectivity index (χ1) is 11.5. The van der Waals surface area contributed by atoms with E-state index in [2.05, 4.69) is 5.32 Å². The molecule has 3 rings (SSSR count). The van der Waals surface area contributed by atoms with Gasteiger partial charge in [0.25, 0.3) is 11.1 Å². The van der Waals surface area contributed by atoms with Crippen LogP contribution in [0.15, 0.2) is 18.2 Å². The number of aryl methyl sites for hydroxylation is 2. The average Bonchev–Trinajstić information content (AvgIpc) is 2.89. The van der Waals surface area contributed by atoms with E-state index in [0.717, 1.165) is 48.6 Å². The number of nitrogens with one attached hydrogen (secondary N) is 1. The molecule has 1 aromatic rings. The van der Waals surface area contributed by atoms with Crippen molar-refractivity contribution in [2.75, 3.05) is 5.75 Å². The van der Waals surface area contributed by atoms with Gasteiger partial charge >= 0.3 is 0 Å². The Morgan fingerprint density at radius 1 is 1.17 bits per heavy atom. The van der Waals surface area contributed by atoms with Gasteiger partial charge in [-0.05, 0) is 49.9 Å². The van der Waals surface area contributed by atoms with Crippen LogP contribution in [0.4, 0.5) is 4.79 Å². The molecule has 128 valence electrons. The summed E-state index contributed by atoms with van der Waals surface area (Å²) < 4.78 is 0. The van der Waals surface area contributed by atoms with Crippen LogP contribution in [0.25, 0.3) is 0 Å². The predicted octanol–water partition coefficient (Wildman–Crippen LogP) is 3.04. The van der Waals surface area contributed by atoms with Crippen molar-refractivity contribution in [2.45, 2.75) is 51.6 Å². The summed E-state index contributed by atoms with van der Waals surface area (Å²) in [5, 5.41) is 2.87. The fraction of sp³-hybridized carbons (Fsp3) is 0.500. The molecule has 1 saturated carbocycles. The first-order valence-corrected chi connectivity index (χ1v) is 9.33. The summed E-state index contributed by atoms with van der Waals surface area (Å²) in [5.41, 5.74) is 2.84. The quantitative estimate of drug-likeness (QED) is 0.913. The van der Waals surface area contributed by atoms with Crippen LogP contribution < -0.4 is 5.32 Å². The highest BCUT2D eigenvalue weighted by Gasteiger charge is 2.41. The van der Waals surface area contributed by atoms with Crippen molar-refractivity contribution in [1.29, 1.82) is 0 Å². The zero-order valence-electron chi connectivity index (χ0n) is 14.0. The number of carbonyl (C=O) groups excluding carboxylic acids is 3. The van der Waals surface area contributed by atoms with Crippen molar-refractivity contribution in [1.82, 2.24) is 10.2 Å².